The van der Waals surface area contributed by atoms with E-state index >= 15 is 0 Å². The molecule has 1 aromatic heterocycles. The van der Waals surface area contributed by atoms with Crippen molar-refractivity contribution in [2.45, 2.75) is 51.5 Å². The van der Waals surface area contributed by atoms with Crippen LogP contribution in [0.3, 0.4) is 0 Å². The molecule has 2 aromatic carbocycles. The van der Waals surface area contributed by atoms with E-state index in [9.17, 15) is 14.7 Å². The van der Waals surface area contributed by atoms with Crippen LogP contribution in [0.15, 0.2) is 60.8 Å². The van der Waals surface area contributed by atoms with Crippen LogP contribution in [-0.4, -0.2) is 46.2 Å². The number of ether oxygens (including phenoxy) is 2. The van der Waals surface area contributed by atoms with Gasteiger partial charge in [0, 0.05) is 25.2 Å². The molecule has 0 unspecified atom stereocenters. The molecule has 2 heterocycles. The van der Waals surface area contributed by atoms with Crippen LogP contribution in [0.25, 0.3) is 17.8 Å². The topological polar surface area (TPSA) is 93.9 Å². The van der Waals surface area contributed by atoms with Gasteiger partial charge in [0.25, 0.3) is 0 Å². The van der Waals surface area contributed by atoms with Crippen molar-refractivity contribution in [3.8, 4) is 11.4 Å². The Morgan fingerprint density at radius 3 is 2.23 bits per heavy atom. The fourth-order valence-corrected chi connectivity index (χ4v) is 5.41. The number of nitrogens with zero attached hydrogens (tertiary/aromatic N) is 3. The molecule has 8 heteroatoms. The first kappa shape index (κ1) is 26.7. The third-order valence-corrected chi connectivity index (χ3v) is 7.67. The standard InChI is InChI=1S/C31H35N3O5/c1-22-7-13-25(14-8-22)30(35)34(27-17-19-38-20-18-27)29-28(39-31(36)37)21-33(32-29)26-15-11-24(12-16-26)10-9-23-5-3-2-4-6-23/h2-6,9-12,15-16,21-22,25,27H,7-8,13-14,17-20H2,1H3,(H,36,37)/b10-9-/t22-,25-. The number of aromatic nitrogens is 2. The first-order valence-electron chi connectivity index (χ1n) is 13.7. The van der Waals surface area contributed by atoms with Crippen molar-refractivity contribution in [1.29, 1.82) is 0 Å². The van der Waals surface area contributed by atoms with E-state index in [1.165, 1.54) is 0 Å². The summed E-state index contributed by atoms with van der Waals surface area (Å²) in [4.78, 5) is 27.3. The van der Waals surface area contributed by atoms with E-state index in [2.05, 4.69) is 6.92 Å². The van der Waals surface area contributed by atoms with Crippen LogP contribution in [0.4, 0.5) is 10.6 Å². The number of amides is 1. The molecule has 1 aliphatic heterocycles. The number of rotatable bonds is 7. The van der Waals surface area contributed by atoms with E-state index in [0.29, 0.717) is 32.0 Å². The zero-order chi connectivity index (χ0) is 27.2. The lowest BCUT2D eigenvalue weighted by atomic mass is 9.82. The highest BCUT2D eigenvalue weighted by atomic mass is 16.7. The zero-order valence-corrected chi connectivity index (χ0v) is 22.2. The normalized spacial score (nSPS) is 20.1. The number of carbonyl (C=O) groups excluding carboxylic acids is 1. The Kier molecular flexibility index (Phi) is 8.42. The summed E-state index contributed by atoms with van der Waals surface area (Å²) < 4.78 is 12.3. The van der Waals surface area contributed by atoms with Crippen molar-refractivity contribution in [2.24, 2.45) is 11.8 Å². The number of benzene rings is 2. The third-order valence-electron chi connectivity index (χ3n) is 7.67. The minimum Gasteiger partial charge on any atom is -0.449 e. The SMILES string of the molecule is C[C@H]1CC[C@H](C(=O)N(c2nn(-c3ccc(/C=C\c4ccccc4)cc3)cc2OC(=O)O)C2CCOCC2)CC1. The molecule has 39 heavy (non-hydrogen) atoms. The highest BCUT2D eigenvalue weighted by molar-refractivity contribution is 5.96. The van der Waals surface area contributed by atoms with E-state index in [1.807, 2.05) is 66.7 Å². The average Bonchev–Trinajstić information content (AvgIpc) is 3.36. The third kappa shape index (κ3) is 6.57. The maximum absolute atomic E-state index is 13.9. The van der Waals surface area contributed by atoms with Crippen molar-refractivity contribution < 1.29 is 24.2 Å². The van der Waals surface area contributed by atoms with Gasteiger partial charge >= 0.3 is 6.16 Å². The van der Waals surface area contributed by atoms with Gasteiger partial charge in [0.2, 0.25) is 11.7 Å². The molecule has 1 amide bonds. The quantitative estimate of drug-likeness (QED) is 0.280. The zero-order valence-electron chi connectivity index (χ0n) is 22.2. The largest absolute Gasteiger partial charge is 0.511 e. The van der Waals surface area contributed by atoms with Crippen molar-refractivity contribution in [2.75, 3.05) is 18.1 Å². The lowest BCUT2D eigenvalue weighted by molar-refractivity contribution is -0.124. The Bertz CT molecular complexity index is 1290. The van der Waals surface area contributed by atoms with Gasteiger partial charge in [-0.05, 0) is 67.7 Å². The minimum atomic E-state index is -1.44. The first-order valence-corrected chi connectivity index (χ1v) is 13.7. The molecule has 2 aliphatic rings. The van der Waals surface area contributed by atoms with Gasteiger partial charge in [-0.15, -0.1) is 5.10 Å². The molecular formula is C31H35N3O5. The Balaban J connectivity index is 1.45. The summed E-state index contributed by atoms with van der Waals surface area (Å²) in [6.45, 7) is 3.31. The Morgan fingerprint density at radius 2 is 1.59 bits per heavy atom. The van der Waals surface area contributed by atoms with Gasteiger partial charge in [0.05, 0.1) is 11.9 Å². The molecular weight excluding hydrogens is 494 g/mol. The van der Waals surface area contributed by atoms with E-state index in [4.69, 9.17) is 14.6 Å². The van der Waals surface area contributed by atoms with Gasteiger partial charge in [0.1, 0.15) is 0 Å². The van der Waals surface area contributed by atoms with Crippen molar-refractivity contribution >= 4 is 30.0 Å². The van der Waals surface area contributed by atoms with Crippen LogP contribution in [0, 0.1) is 11.8 Å². The second kappa shape index (κ2) is 12.3. The second-order valence-corrected chi connectivity index (χ2v) is 10.5. The van der Waals surface area contributed by atoms with Crippen molar-refractivity contribution in [1.82, 2.24) is 9.78 Å². The molecule has 0 radical (unpaired) electrons. The van der Waals surface area contributed by atoms with E-state index in [-0.39, 0.29) is 29.4 Å². The second-order valence-electron chi connectivity index (χ2n) is 10.5. The molecule has 1 saturated carbocycles. The molecule has 1 saturated heterocycles. The van der Waals surface area contributed by atoms with E-state index < -0.39 is 6.16 Å². The first-order chi connectivity index (χ1) is 19.0. The number of hydrogen-bond donors (Lipinski definition) is 1. The molecule has 1 aliphatic carbocycles. The maximum atomic E-state index is 13.9. The summed E-state index contributed by atoms with van der Waals surface area (Å²) in [5.74, 6) is 0.806. The van der Waals surface area contributed by atoms with Gasteiger partial charge in [-0.3, -0.25) is 9.69 Å². The number of hydrogen-bond acceptors (Lipinski definition) is 5. The molecule has 5 rings (SSSR count). The van der Waals surface area contributed by atoms with Crippen molar-refractivity contribution in [3.63, 3.8) is 0 Å². The summed E-state index contributed by atoms with van der Waals surface area (Å²) in [6.07, 6.45) is 9.18. The van der Waals surface area contributed by atoms with E-state index in [0.717, 1.165) is 42.5 Å². The lowest BCUT2D eigenvalue weighted by Crippen LogP contribution is -2.47. The molecule has 0 spiro atoms. The molecule has 1 N–H and O–H groups in total. The summed E-state index contributed by atoms with van der Waals surface area (Å²) >= 11 is 0. The number of anilines is 1. The van der Waals surface area contributed by atoms with Crippen LogP contribution in [0.2, 0.25) is 0 Å². The minimum absolute atomic E-state index is 0.00399. The summed E-state index contributed by atoms with van der Waals surface area (Å²) in [7, 11) is 0. The molecule has 3 aromatic rings. The molecule has 2 fully saturated rings. The van der Waals surface area contributed by atoms with Gasteiger partial charge in [-0.1, -0.05) is 61.5 Å². The maximum Gasteiger partial charge on any atom is 0.511 e. The van der Waals surface area contributed by atoms with Crippen molar-refractivity contribution in [3.05, 3.63) is 71.9 Å². The van der Waals surface area contributed by atoms with Crippen LogP contribution in [0.5, 0.6) is 5.75 Å². The van der Waals surface area contributed by atoms with Gasteiger partial charge in [0.15, 0.2) is 5.75 Å². The molecule has 0 atom stereocenters. The van der Waals surface area contributed by atoms with Gasteiger partial charge in [-0.2, -0.15) is 0 Å². The van der Waals surface area contributed by atoms with Crippen LogP contribution >= 0.6 is 0 Å². The smallest absolute Gasteiger partial charge is 0.449 e. The fourth-order valence-electron chi connectivity index (χ4n) is 5.41. The Morgan fingerprint density at radius 1 is 0.949 bits per heavy atom. The fraction of sp³-hybridized carbons (Fsp3) is 0.387. The molecule has 8 nitrogen and oxygen atoms in total. The molecule has 204 valence electrons. The number of carboxylic acid groups (broad SMARTS) is 1. The predicted octanol–water partition coefficient (Wildman–Crippen LogP) is 6.44. The lowest BCUT2D eigenvalue weighted by Gasteiger charge is -2.36. The highest BCUT2D eigenvalue weighted by Crippen LogP contribution is 2.37. The monoisotopic (exact) mass is 529 g/mol. The average molecular weight is 530 g/mol. The van der Waals surface area contributed by atoms with Crippen LogP contribution in [-0.2, 0) is 9.53 Å². The summed E-state index contributed by atoms with van der Waals surface area (Å²) in [5.41, 5.74) is 2.86. The van der Waals surface area contributed by atoms with E-state index in [1.54, 1.807) is 15.8 Å². The van der Waals surface area contributed by atoms with Crippen LogP contribution < -0.4 is 9.64 Å². The number of carbonyl (C=O) groups is 2. The molecule has 0 bridgehead atoms. The van der Waals surface area contributed by atoms with Gasteiger partial charge in [-0.25, -0.2) is 9.48 Å². The predicted molar refractivity (Wildman–Crippen MR) is 150 cm³/mol. The van der Waals surface area contributed by atoms with Gasteiger partial charge < -0.3 is 14.6 Å². The summed E-state index contributed by atoms with van der Waals surface area (Å²) in [6, 6.07) is 17.7. The Hall–Kier alpha value is -3.91. The highest BCUT2D eigenvalue weighted by Gasteiger charge is 2.37. The van der Waals surface area contributed by atoms with Crippen LogP contribution in [0.1, 0.15) is 56.6 Å². The Labute approximate surface area is 228 Å². The summed E-state index contributed by atoms with van der Waals surface area (Å²) in [5, 5.41) is 14.2.